The topological polar surface area (TPSA) is 22.1 Å². The van der Waals surface area contributed by atoms with Gasteiger partial charge in [-0.15, -0.1) is 0 Å². The average Bonchev–Trinajstić information content (AvgIpc) is 2.69. The first-order chi connectivity index (χ1) is 12.8. The highest BCUT2D eigenvalue weighted by Crippen LogP contribution is 2.28. The van der Waals surface area contributed by atoms with Crippen LogP contribution in [0, 0.1) is 0 Å². The van der Waals surface area contributed by atoms with Crippen molar-refractivity contribution in [3.63, 3.8) is 0 Å². The maximum absolute atomic E-state index is 6.03. The normalized spacial score (nSPS) is 10.8. The summed E-state index contributed by atoms with van der Waals surface area (Å²) in [7, 11) is 0. The van der Waals surface area contributed by atoms with Crippen molar-refractivity contribution in [1.82, 2.24) is 4.98 Å². The molecule has 0 aliphatic heterocycles. The number of ether oxygens (including phenoxy) is 1. The Bertz CT molecular complexity index is 606. The molecule has 0 atom stereocenters. The quantitative estimate of drug-likeness (QED) is 0.355. The summed E-state index contributed by atoms with van der Waals surface area (Å²) in [5.41, 5.74) is 3.52. The summed E-state index contributed by atoms with van der Waals surface area (Å²) in [4.78, 5) is 4.57. The van der Waals surface area contributed by atoms with Crippen molar-refractivity contribution in [2.45, 2.75) is 78.1 Å². The lowest BCUT2D eigenvalue weighted by Gasteiger charge is -2.11. The SMILES string of the molecule is CCCCCCCOc1cccnc1-c1ccc(CCCCCC)cc1. The summed E-state index contributed by atoms with van der Waals surface area (Å²) in [5.74, 6) is 0.902. The minimum absolute atomic E-state index is 0.776. The van der Waals surface area contributed by atoms with Crippen molar-refractivity contribution in [2.75, 3.05) is 6.61 Å². The Morgan fingerprint density at radius 2 is 1.46 bits per heavy atom. The van der Waals surface area contributed by atoms with Crippen LogP contribution >= 0.6 is 0 Å². The predicted octanol–water partition coefficient (Wildman–Crippen LogP) is 7.22. The number of rotatable bonds is 13. The third-order valence-electron chi connectivity index (χ3n) is 4.82. The minimum Gasteiger partial charge on any atom is -0.491 e. The van der Waals surface area contributed by atoms with E-state index in [4.69, 9.17) is 4.74 Å². The summed E-state index contributed by atoms with van der Waals surface area (Å²) >= 11 is 0. The second kappa shape index (κ2) is 12.5. The van der Waals surface area contributed by atoms with E-state index in [0.717, 1.165) is 30.0 Å². The first-order valence-electron chi connectivity index (χ1n) is 10.5. The van der Waals surface area contributed by atoms with Crippen molar-refractivity contribution in [1.29, 1.82) is 0 Å². The van der Waals surface area contributed by atoms with Gasteiger partial charge in [-0.2, -0.15) is 0 Å². The number of nitrogens with zero attached hydrogens (tertiary/aromatic N) is 1. The van der Waals surface area contributed by atoms with E-state index in [1.165, 1.54) is 63.4 Å². The lowest BCUT2D eigenvalue weighted by Crippen LogP contribution is -2.00. The molecular formula is C24H35NO. The Balaban J connectivity index is 1.89. The Hall–Kier alpha value is -1.83. The van der Waals surface area contributed by atoms with Gasteiger partial charge in [0, 0.05) is 11.8 Å². The van der Waals surface area contributed by atoms with Gasteiger partial charge in [0.2, 0.25) is 0 Å². The molecular weight excluding hydrogens is 318 g/mol. The first kappa shape index (κ1) is 20.5. The average molecular weight is 354 g/mol. The third-order valence-corrected chi connectivity index (χ3v) is 4.82. The molecule has 2 heteroatoms. The maximum atomic E-state index is 6.03. The van der Waals surface area contributed by atoms with Crippen LogP contribution in [0.4, 0.5) is 0 Å². The highest BCUT2D eigenvalue weighted by Gasteiger charge is 2.07. The zero-order chi connectivity index (χ0) is 18.5. The molecule has 0 fully saturated rings. The number of unbranched alkanes of at least 4 members (excludes halogenated alkanes) is 7. The summed E-state index contributed by atoms with van der Waals surface area (Å²) in [5, 5.41) is 0. The van der Waals surface area contributed by atoms with Gasteiger partial charge in [0.05, 0.1) is 6.61 Å². The molecule has 0 bridgehead atoms. The zero-order valence-electron chi connectivity index (χ0n) is 16.7. The second-order valence-electron chi connectivity index (χ2n) is 7.12. The Morgan fingerprint density at radius 3 is 2.19 bits per heavy atom. The van der Waals surface area contributed by atoms with E-state index in [1.54, 1.807) is 0 Å². The lowest BCUT2D eigenvalue weighted by atomic mass is 10.0. The van der Waals surface area contributed by atoms with Gasteiger partial charge in [-0.05, 0) is 37.0 Å². The molecule has 0 radical (unpaired) electrons. The molecule has 1 aromatic heterocycles. The van der Waals surface area contributed by atoms with E-state index in [1.807, 2.05) is 18.3 Å². The van der Waals surface area contributed by atoms with Crippen LogP contribution in [0.25, 0.3) is 11.3 Å². The van der Waals surface area contributed by atoms with Crippen LogP contribution in [-0.4, -0.2) is 11.6 Å². The van der Waals surface area contributed by atoms with Crippen LogP contribution in [0.5, 0.6) is 5.75 Å². The van der Waals surface area contributed by atoms with E-state index in [0.29, 0.717) is 0 Å². The van der Waals surface area contributed by atoms with E-state index in [-0.39, 0.29) is 0 Å². The molecule has 0 saturated heterocycles. The highest BCUT2D eigenvalue weighted by molar-refractivity contribution is 5.66. The van der Waals surface area contributed by atoms with Crippen LogP contribution in [-0.2, 0) is 6.42 Å². The van der Waals surface area contributed by atoms with E-state index in [2.05, 4.69) is 43.1 Å². The summed E-state index contributed by atoms with van der Waals surface area (Å²) in [6.07, 6.45) is 14.5. The van der Waals surface area contributed by atoms with Gasteiger partial charge in [0.1, 0.15) is 11.4 Å². The Morgan fingerprint density at radius 1 is 0.769 bits per heavy atom. The molecule has 2 nitrogen and oxygen atoms in total. The van der Waals surface area contributed by atoms with Crippen LogP contribution in [0.1, 0.15) is 77.2 Å². The van der Waals surface area contributed by atoms with E-state index >= 15 is 0 Å². The van der Waals surface area contributed by atoms with Crippen molar-refractivity contribution >= 4 is 0 Å². The second-order valence-corrected chi connectivity index (χ2v) is 7.12. The Labute approximate surface area is 160 Å². The molecule has 1 heterocycles. The van der Waals surface area contributed by atoms with Gasteiger partial charge in [-0.25, -0.2) is 0 Å². The molecule has 0 amide bonds. The number of hydrogen-bond acceptors (Lipinski definition) is 2. The van der Waals surface area contributed by atoms with Crippen molar-refractivity contribution in [3.05, 3.63) is 48.2 Å². The maximum Gasteiger partial charge on any atom is 0.145 e. The molecule has 2 rings (SSSR count). The monoisotopic (exact) mass is 353 g/mol. The summed E-state index contributed by atoms with van der Waals surface area (Å²) in [6, 6.07) is 12.8. The van der Waals surface area contributed by atoms with E-state index in [9.17, 15) is 0 Å². The molecule has 0 aliphatic carbocycles. The third kappa shape index (κ3) is 7.19. The number of benzene rings is 1. The molecule has 0 N–H and O–H groups in total. The van der Waals surface area contributed by atoms with Gasteiger partial charge >= 0.3 is 0 Å². The smallest absolute Gasteiger partial charge is 0.145 e. The number of pyridine rings is 1. The molecule has 0 spiro atoms. The highest BCUT2D eigenvalue weighted by atomic mass is 16.5. The number of aromatic nitrogens is 1. The summed E-state index contributed by atoms with van der Waals surface area (Å²) < 4.78 is 6.03. The predicted molar refractivity (Wildman–Crippen MR) is 112 cm³/mol. The fraction of sp³-hybridized carbons (Fsp3) is 0.542. The number of hydrogen-bond donors (Lipinski definition) is 0. The fourth-order valence-corrected chi connectivity index (χ4v) is 3.20. The van der Waals surface area contributed by atoms with E-state index < -0.39 is 0 Å². The largest absolute Gasteiger partial charge is 0.491 e. The standard InChI is InChI=1S/C24H35NO/c1-3-5-7-9-11-20-26-23-14-12-19-25-24(23)22-17-15-21(16-18-22)13-10-8-6-4-2/h12,14-19H,3-11,13,20H2,1-2H3. The first-order valence-corrected chi connectivity index (χ1v) is 10.5. The van der Waals surface area contributed by atoms with Crippen molar-refractivity contribution in [2.24, 2.45) is 0 Å². The summed E-state index contributed by atoms with van der Waals surface area (Å²) in [6.45, 7) is 5.28. The van der Waals surface area contributed by atoms with Crippen LogP contribution in [0.3, 0.4) is 0 Å². The van der Waals surface area contributed by atoms with Gasteiger partial charge in [0.25, 0.3) is 0 Å². The van der Waals surface area contributed by atoms with Gasteiger partial charge in [0.15, 0.2) is 0 Å². The molecule has 0 saturated carbocycles. The van der Waals surface area contributed by atoms with Crippen LogP contribution in [0.2, 0.25) is 0 Å². The molecule has 26 heavy (non-hydrogen) atoms. The zero-order valence-corrected chi connectivity index (χ0v) is 16.7. The van der Waals surface area contributed by atoms with Gasteiger partial charge in [-0.1, -0.05) is 83.1 Å². The molecule has 142 valence electrons. The molecule has 2 aromatic rings. The molecule has 1 aromatic carbocycles. The molecule has 0 aliphatic rings. The van der Waals surface area contributed by atoms with Gasteiger partial charge < -0.3 is 4.74 Å². The van der Waals surface area contributed by atoms with Crippen LogP contribution < -0.4 is 4.74 Å². The molecule has 0 unspecified atom stereocenters. The number of aryl methyl sites for hydroxylation is 1. The van der Waals surface area contributed by atoms with Crippen LogP contribution in [0.15, 0.2) is 42.6 Å². The van der Waals surface area contributed by atoms with Crippen molar-refractivity contribution in [3.8, 4) is 17.0 Å². The minimum atomic E-state index is 0.776. The van der Waals surface area contributed by atoms with Gasteiger partial charge in [-0.3, -0.25) is 4.98 Å². The van der Waals surface area contributed by atoms with Crippen molar-refractivity contribution < 1.29 is 4.74 Å². The lowest BCUT2D eigenvalue weighted by molar-refractivity contribution is 0.305. The Kier molecular flexibility index (Phi) is 9.86. The fourth-order valence-electron chi connectivity index (χ4n) is 3.20.